The third kappa shape index (κ3) is 3.96. The van der Waals surface area contributed by atoms with E-state index in [0.29, 0.717) is 0 Å². The molecule has 0 bridgehead atoms. The highest BCUT2D eigenvalue weighted by Crippen LogP contribution is 2.51. The van der Waals surface area contributed by atoms with Gasteiger partial charge in [0.25, 0.3) is 0 Å². The largest absolute Gasteiger partial charge is 0.485 e. The van der Waals surface area contributed by atoms with Crippen LogP contribution >= 0.6 is 0 Å². The van der Waals surface area contributed by atoms with E-state index < -0.39 is 0 Å². The Balaban J connectivity index is 1.28. The molecular weight excluding hydrogens is 569 g/mol. The first-order valence-corrected chi connectivity index (χ1v) is 16.5. The van der Waals surface area contributed by atoms with Crippen molar-refractivity contribution in [2.75, 3.05) is 0 Å². The Morgan fingerprint density at radius 3 is 1.77 bits per heavy atom. The zero-order valence-corrected chi connectivity index (χ0v) is 25.8. The summed E-state index contributed by atoms with van der Waals surface area (Å²) in [7, 11) is 0. The van der Waals surface area contributed by atoms with Crippen LogP contribution in [0.5, 0.6) is 5.75 Å². The number of rotatable bonds is 3. The number of fused-ring (bicyclic) bond motifs is 8. The first kappa shape index (κ1) is 26.3. The topological polar surface area (TPSA) is 9.23 Å². The van der Waals surface area contributed by atoms with Gasteiger partial charge in [-0.1, -0.05) is 152 Å². The fourth-order valence-electron chi connectivity index (χ4n) is 8.11. The molecule has 0 amide bonds. The molecule has 8 aromatic carbocycles. The zero-order chi connectivity index (χ0) is 30.9. The summed E-state index contributed by atoms with van der Waals surface area (Å²) in [5.74, 6) is 0.973. The van der Waals surface area contributed by atoms with Gasteiger partial charge in [0.2, 0.25) is 0 Å². The molecule has 1 atom stereocenters. The van der Waals surface area contributed by atoms with Gasteiger partial charge in [-0.15, -0.1) is 0 Å². The molecule has 0 N–H and O–H groups in total. The third-order valence-corrected chi connectivity index (χ3v) is 10.1. The molecule has 0 saturated heterocycles. The van der Waals surface area contributed by atoms with Gasteiger partial charge in [0.1, 0.15) is 11.9 Å². The lowest BCUT2D eigenvalue weighted by atomic mass is 9.80. The summed E-state index contributed by atoms with van der Waals surface area (Å²) in [6, 6.07) is 55.3. The van der Waals surface area contributed by atoms with Crippen LogP contribution in [0.25, 0.3) is 76.5 Å². The van der Waals surface area contributed by atoms with Crippen LogP contribution < -0.4 is 4.74 Å². The normalized spacial score (nSPS) is 15.4. The summed E-state index contributed by atoms with van der Waals surface area (Å²) in [6.45, 7) is 0. The first-order valence-electron chi connectivity index (χ1n) is 16.5. The molecule has 0 spiro atoms. The Morgan fingerprint density at radius 1 is 0.447 bits per heavy atom. The van der Waals surface area contributed by atoms with E-state index in [-0.39, 0.29) is 6.10 Å². The van der Waals surface area contributed by atoms with Gasteiger partial charge < -0.3 is 4.74 Å². The number of benzene rings is 8. The fourth-order valence-corrected chi connectivity index (χ4v) is 8.11. The standard InChI is InChI=1S/C46H30O/c1-2-13-29(14-3-1)30-25-26-39-43(28-30)47-42-24-12-23-40(46(39)42)44-35-19-8-10-21-37(35)45(38-22-11-9-20-36(38)44)41-27-31-15-4-5-16-32(31)33-17-6-7-18-34(33)41/h1-23,25-28,42H,24H2. The maximum atomic E-state index is 6.72. The maximum Gasteiger partial charge on any atom is 0.128 e. The van der Waals surface area contributed by atoms with Crippen molar-refractivity contribution < 1.29 is 4.74 Å². The number of allylic oxidation sites excluding steroid dienone is 2. The lowest BCUT2D eigenvalue weighted by Gasteiger charge is -2.23. The van der Waals surface area contributed by atoms with Crippen LogP contribution in [0.1, 0.15) is 17.5 Å². The Morgan fingerprint density at radius 2 is 1.04 bits per heavy atom. The molecule has 1 aliphatic carbocycles. The molecule has 10 rings (SSSR count). The van der Waals surface area contributed by atoms with E-state index in [0.717, 1.165) is 12.2 Å². The van der Waals surface area contributed by atoms with E-state index in [1.807, 2.05) is 0 Å². The monoisotopic (exact) mass is 598 g/mol. The first-order chi connectivity index (χ1) is 23.3. The molecule has 2 aliphatic rings. The molecule has 1 aliphatic heterocycles. The van der Waals surface area contributed by atoms with E-state index in [9.17, 15) is 0 Å². The van der Waals surface area contributed by atoms with Crippen molar-refractivity contribution in [3.05, 3.63) is 175 Å². The lowest BCUT2D eigenvalue weighted by Crippen LogP contribution is -2.14. The van der Waals surface area contributed by atoms with Crippen molar-refractivity contribution >= 4 is 54.2 Å². The second-order valence-electron chi connectivity index (χ2n) is 12.7. The van der Waals surface area contributed by atoms with Crippen LogP contribution in [-0.4, -0.2) is 6.10 Å². The molecule has 0 saturated carbocycles. The van der Waals surface area contributed by atoms with Crippen molar-refractivity contribution in [1.29, 1.82) is 0 Å². The SMILES string of the molecule is C1=CC(c2c3ccccc3c(-c3cc4ccccc4c4ccccc34)c3ccccc23)=C2c3ccc(-c4ccccc4)cc3OC2C1. The van der Waals surface area contributed by atoms with Crippen molar-refractivity contribution in [2.24, 2.45) is 0 Å². The van der Waals surface area contributed by atoms with E-state index in [1.165, 1.54) is 87.6 Å². The average Bonchev–Trinajstić information content (AvgIpc) is 3.52. The highest BCUT2D eigenvalue weighted by molar-refractivity contribution is 6.26. The Kier molecular flexibility index (Phi) is 5.77. The van der Waals surface area contributed by atoms with Gasteiger partial charge in [-0.05, 0) is 88.6 Å². The minimum absolute atomic E-state index is 0.00217. The summed E-state index contributed by atoms with van der Waals surface area (Å²) in [4.78, 5) is 0. The molecule has 1 heterocycles. The number of hydrogen-bond donors (Lipinski definition) is 0. The number of ether oxygens (including phenoxy) is 1. The predicted octanol–water partition coefficient (Wildman–Crippen LogP) is 12.3. The minimum atomic E-state index is -0.00217. The molecule has 1 nitrogen and oxygen atoms in total. The van der Waals surface area contributed by atoms with Gasteiger partial charge >= 0.3 is 0 Å². The molecule has 0 fully saturated rings. The van der Waals surface area contributed by atoms with Crippen molar-refractivity contribution in [1.82, 2.24) is 0 Å². The van der Waals surface area contributed by atoms with E-state index in [2.05, 4.69) is 164 Å². The molecule has 47 heavy (non-hydrogen) atoms. The van der Waals surface area contributed by atoms with E-state index in [1.54, 1.807) is 0 Å². The number of hydrogen-bond acceptors (Lipinski definition) is 1. The van der Waals surface area contributed by atoms with Crippen LogP contribution in [0.3, 0.4) is 0 Å². The minimum Gasteiger partial charge on any atom is -0.485 e. The molecule has 1 heteroatoms. The summed E-state index contributed by atoms with van der Waals surface area (Å²) in [5, 5.41) is 10.2. The molecular formula is C46H30O. The average molecular weight is 599 g/mol. The lowest BCUT2D eigenvalue weighted by molar-refractivity contribution is 0.279. The van der Waals surface area contributed by atoms with Crippen LogP contribution in [0, 0.1) is 0 Å². The van der Waals surface area contributed by atoms with Gasteiger partial charge in [-0.3, -0.25) is 0 Å². The molecule has 1 unspecified atom stereocenters. The summed E-state index contributed by atoms with van der Waals surface area (Å²) >= 11 is 0. The molecule has 0 aromatic heterocycles. The van der Waals surface area contributed by atoms with E-state index >= 15 is 0 Å². The second kappa shape index (κ2) is 10.3. The fraction of sp³-hybridized carbons (Fsp3) is 0.0435. The highest BCUT2D eigenvalue weighted by Gasteiger charge is 2.34. The van der Waals surface area contributed by atoms with Gasteiger partial charge in [-0.25, -0.2) is 0 Å². The van der Waals surface area contributed by atoms with Gasteiger partial charge in [0.15, 0.2) is 0 Å². The zero-order valence-electron chi connectivity index (χ0n) is 25.8. The second-order valence-corrected chi connectivity index (χ2v) is 12.7. The molecule has 0 radical (unpaired) electrons. The quantitative estimate of drug-likeness (QED) is 0.145. The Hall–Kier alpha value is -5.92. The predicted molar refractivity (Wildman–Crippen MR) is 199 cm³/mol. The highest BCUT2D eigenvalue weighted by atomic mass is 16.5. The van der Waals surface area contributed by atoms with Crippen molar-refractivity contribution in [2.45, 2.75) is 12.5 Å². The van der Waals surface area contributed by atoms with Crippen LogP contribution in [0.4, 0.5) is 0 Å². The van der Waals surface area contributed by atoms with Crippen LogP contribution in [0.15, 0.2) is 164 Å². The van der Waals surface area contributed by atoms with E-state index in [4.69, 9.17) is 4.74 Å². The van der Waals surface area contributed by atoms with Crippen molar-refractivity contribution in [3.63, 3.8) is 0 Å². The van der Waals surface area contributed by atoms with Gasteiger partial charge in [0.05, 0.1) is 0 Å². The maximum absolute atomic E-state index is 6.72. The third-order valence-electron chi connectivity index (χ3n) is 10.1. The molecule has 220 valence electrons. The van der Waals surface area contributed by atoms with Crippen LogP contribution in [0.2, 0.25) is 0 Å². The Labute approximate surface area is 273 Å². The van der Waals surface area contributed by atoms with Gasteiger partial charge in [0, 0.05) is 17.6 Å². The summed E-state index contributed by atoms with van der Waals surface area (Å²) < 4.78 is 6.72. The Bertz CT molecular complexity index is 2570. The smallest absolute Gasteiger partial charge is 0.128 e. The van der Waals surface area contributed by atoms with Crippen molar-refractivity contribution in [3.8, 4) is 28.0 Å². The summed E-state index contributed by atoms with van der Waals surface area (Å²) in [6.07, 6.45) is 5.50. The molecule has 8 aromatic rings. The van der Waals surface area contributed by atoms with Crippen LogP contribution in [-0.2, 0) is 0 Å². The van der Waals surface area contributed by atoms with Gasteiger partial charge in [-0.2, -0.15) is 0 Å². The summed E-state index contributed by atoms with van der Waals surface area (Å²) in [5.41, 5.74) is 9.98.